The Hall–Kier alpha value is -2.02. The van der Waals surface area contributed by atoms with E-state index in [4.69, 9.17) is 0 Å². The van der Waals surface area contributed by atoms with Gasteiger partial charge in [0, 0.05) is 30.9 Å². The first kappa shape index (κ1) is 12.0. The zero-order valence-corrected chi connectivity index (χ0v) is 11.6. The van der Waals surface area contributed by atoms with Crippen molar-refractivity contribution in [2.45, 2.75) is 19.8 Å². The van der Waals surface area contributed by atoms with Gasteiger partial charge in [-0.2, -0.15) is 0 Å². The molecule has 0 N–H and O–H groups in total. The van der Waals surface area contributed by atoms with E-state index in [1.165, 1.54) is 28.0 Å². The first-order chi connectivity index (χ1) is 9.20. The summed E-state index contributed by atoms with van der Waals surface area (Å²) in [5.41, 5.74) is 7.88. The quantitative estimate of drug-likeness (QED) is 0.717. The van der Waals surface area contributed by atoms with Gasteiger partial charge in [0.15, 0.2) is 0 Å². The molecular formula is C18H19N. The van der Waals surface area contributed by atoms with Crippen molar-refractivity contribution in [3.63, 3.8) is 0 Å². The molecule has 2 aliphatic rings. The van der Waals surface area contributed by atoms with Gasteiger partial charge in [0.05, 0.1) is 0 Å². The number of nitrogens with zero attached hydrogens (tertiary/aromatic N) is 1. The monoisotopic (exact) mass is 249 g/mol. The summed E-state index contributed by atoms with van der Waals surface area (Å²) in [5.74, 6) is 0. The Kier molecular flexibility index (Phi) is 2.90. The number of hydrogen-bond donors (Lipinski definition) is 0. The van der Waals surface area contributed by atoms with Gasteiger partial charge in [-0.15, -0.1) is 0 Å². The molecule has 96 valence electrons. The molecule has 0 saturated carbocycles. The van der Waals surface area contributed by atoms with Crippen LogP contribution in [-0.2, 0) is 6.42 Å². The summed E-state index contributed by atoms with van der Waals surface area (Å²) in [6.07, 6.45) is 8.62. The highest BCUT2D eigenvalue weighted by molar-refractivity contribution is 5.88. The van der Waals surface area contributed by atoms with Crippen LogP contribution in [0.15, 0.2) is 66.0 Å². The highest BCUT2D eigenvalue weighted by Crippen LogP contribution is 2.39. The summed E-state index contributed by atoms with van der Waals surface area (Å²) in [6, 6.07) is 8.66. The summed E-state index contributed by atoms with van der Waals surface area (Å²) < 4.78 is 0. The highest BCUT2D eigenvalue weighted by Gasteiger charge is 2.24. The molecule has 0 fully saturated rings. The molecule has 0 saturated heterocycles. The average Bonchev–Trinajstić information content (AvgIpc) is 2.80. The van der Waals surface area contributed by atoms with Crippen molar-refractivity contribution in [3.8, 4) is 0 Å². The Morgan fingerprint density at radius 3 is 2.84 bits per heavy atom. The Morgan fingerprint density at radius 2 is 2.05 bits per heavy atom. The molecule has 1 nitrogen and oxygen atoms in total. The minimum atomic E-state index is 1.00. The maximum Gasteiger partial charge on any atom is 0.0300 e. The van der Waals surface area contributed by atoms with Crippen LogP contribution in [0.1, 0.15) is 24.5 Å². The smallest absolute Gasteiger partial charge is 0.0300 e. The number of fused-ring (bicyclic) bond motifs is 2. The van der Waals surface area contributed by atoms with E-state index in [2.05, 4.69) is 68.1 Å². The third kappa shape index (κ3) is 1.95. The summed E-state index contributed by atoms with van der Waals surface area (Å²) in [5, 5.41) is 0. The second-order valence-corrected chi connectivity index (χ2v) is 5.18. The van der Waals surface area contributed by atoms with Crippen molar-refractivity contribution >= 4 is 5.57 Å². The van der Waals surface area contributed by atoms with Crippen molar-refractivity contribution in [2.75, 3.05) is 7.05 Å². The van der Waals surface area contributed by atoms with Crippen LogP contribution in [0.25, 0.3) is 5.57 Å². The van der Waals surface area contributed by atoms with Crippen molar-refractivity contribution in [3.05, 3.63) is 77.2 Å². The Balaban J connectivity index is 2.17. The maximum absolute atomic E-state index is 4.30. The van der Waals surface area contributed by atoms with Crippen molar-refractivity contribution < 1.29 is 0 Å². The van der Waals surface area contributed by atoms with E-state index >= 15 is 0 Å². The van der Waals surface area contributed by atoms with Crippen LogP contribution in [0.2, 0.25) is 0 Å². The van der Waals surface area contributed by atoms with Crippen molar-refractivity contribution in [1.29, 1.82) is 0 Å². The van der Waals surface area contributed by atoms with Gasteiger partial charge in [0.1, 0.15) is 0 Å². The van der Waals surface area contributed by atoms with E-state index in [9.17, 15) is 0 Å². The lowest BCUT2D eigenvalue weighted by Crippen LogP contribution is -2.12. The lowest BCUT2D eigenvalue weighted by molar-refractivity contribution is 0.558. The molecular weight excluding hydrogens is 230 g/mol. The largest absolute Gasteiger partial charge is 0.354 e. The van der Waals surface area contributed by atoms with Crippen molar-refractivity contribution in [2.24, 2.45) is 0 Å². The van der Waals surface area contributed by atoms with Gasteiger partial charge in [-0.3, -0.25) is 0 Å². The van der Waals surface area contributed by atoms with E-state index in [1.807, 2.05) is 0 Å². The van der Waals surface area contributed by atoms with Gasteiger partial charge in [-0.05, 0) is 34.8 Å². The summed E-state index contributed by atoms with van der Waals surface area (Å²) in [4.78, 5) is 2.24. The Labute approximate surface area is 115 Å². The van der Waals surface area contributed by atoms with Crippen LogP contribution >= 0.6 is 0 Å². The zero-order valence-electron chi connectivity index (χ0n) is 11.6. The topological polar surface area (TPSA) is 3.24 Å². The third-order valence-electron chi connectivity index (χ3n) is 3.96. The molecule has 0 radical (unpaired) electrons. The van der Waals surface area contributed by atoms with Crippen LogP contribution in [0.4, 0.5) is 0 Å². The molecule has 1 heteroatoms. The van der Waals surface area contributed by atoms with Gasteiger partial charge in [-0.25, -0.2) is 0 Å². The molecule has 1 aromatic carbocycles. The van der Waals surface area contributed by atoms with E-state index in [1.54, 1.807) is 0 Å². The number of benzene rings is 1. The van der Waals surface area contributed by atoms with Crippen LogP contribution in [-0.4, -0.2) is 11.9 Å². The average molecular weight is 249 g/mol. The fourth-order valence-electron chi connectivity index (χ4n) is 2.86. The molecule has 0 atom stereocenters. The fourth-order valence-corrected chi connectivity index (χ4v) is 2.86. The molecule has 1 heterocycles. The lowest BCUT2D eigenvalue weighted by atomic mass is 9.96. The lowest BCUT2D eigenvalue weighted by Gasteiger charge is -2.21. The fraction of sp³-hybridized carbons (Fsp3) is 0.222. The number of likely N-dealkylation sites (N-methyl/N-ethyl adjacent to an activating group) is 1. The molecule has 1 aromatic rings. The summed E-state index contributed by atoms with van der Waals surface area (Å²) in [6.45, 7) is 6.48. The van der Waals surface area contributed by atoms with Crippen LogP contribution in [0.3, 0.4) is 0 Å². The van der Waals surface area contributed by atoms with E-state index in [-0.39, 0.29) is 0 Å². The standard InChI is InChI=1S/C18H19N/c1-4-14-9-10-19(3)17-12-15-7-5-6-8-16(15)18(17)13(2)11-14/h5-11H,2,4,12H2,1,3H3/b10-9-,14-11-. The van der Waals surface area contributed by atoms with Gasteiger partial charge in [0.25, 0.3) is 0 Å². The van der Waals surface area contributed by atoms with Gasteiger partial charge in [-0.1, -0.05) is 43.8 Å². The van der Waals surface area contributed by atoms with E-state index in [0.717, 1.165) is 18.4 Å². The molecule has 0 aromatic heterocycles. The van der Waals surface area contributed by atoms with Crippen molar-refractivity contribution in [1.82, 2.24) is 4.90 Å². The summed E-state index contributed by atoms with van der Waals surface area (Å²) >= 11 is 0. The molecule has 0 amide bonds. The highest BCUT2D eigenvalue weighted by atomic mass is 15.1. The normalized spacial score (nSPS) is 22.3. The molecule has 0 bridgehead atoms. The van der Waals surface area contributed by atoms with Crippen LogP contribution in [0, 0.1) is 0 Å². The minimum Gasteiger partial charge on any atom is -0.354 e. The maximum atomic E-state index is 4.30. The molecule has 19 heavy (non-hydrogen) atoms. The number of allylic oxidation sites excluding steroid dienone is 6. The molecule has 0 unspecified atom stereocenters. The van der Waals surface area contributed by atoms with Gasteiger partial charge < -0.3 is 4.90 Å². The molecule has 3 rings (SSSR count). The molecule has 1 aliphatic carbocycles. The second kappa shape index (κ2) is 4.58. The van der Waals surface area contributed by atoms with Crippen LogP contribution < -0.4 is 0 Å². The summed E-state index contributed by atoms with van der Waals surface area (Å²) in [7, 11) is 2.13. The minimum absolute atomic E-state index is 1.00. The number of rotatable bonds is 1. The Bertz CT molecular complexity index is 629. The van der Waals surface area contributed by atoms with Crippen LogP contribution in [0.5, 0.6) is 0 Å². The molecule has 0 spiro atoms. The van der Waals surface area contributed by atoms with E-state index < -0.39 is 0 Å². The van der Waals surface area contributed by atoms with Gasteiger partial charge >= 0.3 is 0 Å². The van der Waals surface area contributed by atoms with Gasteiger partial charge in [0.2, 0.25) is 0 Å². The molecule has 1 aliphatic heterocycles. The third-order valence-corrected chi connectivity index (χ3v) is 3.96. The number of hydrogen-bond acceptors (Lipinski definition) is 1. The Morgan fingerprint density at radius 1 is 1.26 bits per heavy atom. The predicted molar refractivity (Wildman–Crippen MR) is 81.5 cm³/mol. The second-order valence-electron chi connectivity index (χ2n) is 5.18. The zero-order chi connectivity index (χ0) is 13.4. The van der Waals surface area contributed by atoms with E-state index in [0.29, 0.717) is 0 Å². The first-order valence-electron chi connectivity index (χ1n) is 6.83. The SMILES string of the molecule is C=C1/C=C(CC)\C=C/N(C)C2=C1c1ccccc1C2. The predicted octanol–water partition coefficient (Wildman–Crippen LogP) is 4.31. The first-order valence-corrected chi connectivity index (χ1v) is 6.83.